The van der Waals surface area contributed by atoms with Crippen molar-refractivity contribution < 1.29 is 4.74 Å². The normalized spacial score (nSPS) is 10.1. The lowest BCUT2D eigenvalue weighted by Gasteiger charge is -2.11. The van der Waals surface area contributed by atoms with Crippen molar-refractivity contribution in [3.63, 3.8) is 0 Å². The first-order valence-corrected chi connectivity index (χ1v) is 7.41. The minimum atomic E-state index is 0.474. The molecule has 0 atom stereocenters. The predicted molar refractivity (Wildman–Crippen MR) is 81.8 cm³/mol. The van der Waals surface area contributed by atoms with E-state index in [-0.39, 0.29) is 0 Å². The molecule has 2 aromatic rings. The monoisotopic (exact) mass is 330 g/mol. The molecule has 1 heterocycles. The number of benzene rings is 1. The molecule has 4 heteroatoms. The Morgan fingerprint density at radius 3 is 2.70 bits per heavy atom. The summed E-state index contributed by atoms with van der Waals surface area (Å²) < 4.78 is 5.85. The molecule has 20 heavy (non-hydrogen) atoms. The van der Waals surface area contributed by atoms with Crippen LogP contribution in [0.25, 0.3) is 0 Å². The van der Waals surface area contributed by atoms with Crippen LogP contribution >= 0.6 is 15.9 Å². The second-order valence-corrected chi connectivity index (χ2v) is 5.13. The van der Waals surface area contributed by atoms with Crippen molar-refractivity contribution in [2.45, 2.75) is 25.8 Å². The van der Waals surface area contributed by atoms with Gasteiger partial charge in [-0.3, -0.25) is 4.98 Å². The third-order valence-corrected chi connectivity index (χ3v) is 3.58. The van der Waals surface area contributed by atoms with Crippen molar-refractivity contribution in [2.75, 3.05) is 0 Å². The summed E-state index contributed by atoms with van der Waals surface area (Å²) in [6, 6.07) is 11.6. The zero-order valence-electron chi connectivity index (χ0n) is 11.5. The third-order valence-electron chi connectivity index (χ3n) is 3.05. The molecule has 1 aromatic heterocycles. The van der Waals surface area contributed by atoms with Crippen LogP contribution in [0.4, 0.5) is 0 Å². The maximum Gasteiger partial charge on any atom is 0.142 e. The van der Waals surface area contributed by atoms with Crippen LogP contribution in [0.5, 0.6) is 5.75 Å². The van der Waals surface area contributed by atoms with E-state index in [2.05, 4.69) is 27.0 Å². The first kappa shape index (κ1) is 14.5. The third kappa shape index (κ3) is 3.37. The van der Waals surface area contributed by atoms with Gasteiger partial charge in [-0.1, -0.05) is 22.0 Å². The number of rotatable bonds is 4. The van der Waals surface area contributed by atoms with Gasteiger partial charge >= 0.3 is 0 Å². The minimum Gasteiger partial charge on any atom is -0.487 e. The SMILES string of the molecule is Cc1ccc(OCc2ccc(C#N)cc2C)c(CBr)n1. The van der Waals surface area contributed by atoms with E-state index in [0.717, 1.165) is 28.3 Å². The van der Waals surface area contributed by atoms with Gasteiger partial charge in [-0.05, 0) is 49.2 Å². The highest BCUT2D eigenvalue weighted by Crippen LogP contribution is 2.21. The van der Waals surface area contributed by atoms with Gasteiger partial charge in [0.2, 0.25) is 0 Å². The van der Waals surface area contributed by atoms with E-state index in [4.69, 9.17) is 10.00 Å². The molecule has 1 aromatic carbocycles. The van der Waals surface area contributed by atoms with E-state index >= 15 is 0 Å². The van der Waals surface area contributed by atoms with Crippen molar-refractivity contribution in [1.29, 1.82) is 5.26 Å². The van der Waals surface area contributed by atoms with Gasteiger partial charge in [-0.25, -0.2) is 0 Å². The number of halogens is 1. The van der Waals surface area contributed by atoms with Gasteiger partial charge in [0.1, 0.15) is 12.4 Å². The maximum absolute atomic E-state index is 8.86. The Morgan fingerprint density at radius 2 is 2.05 bits per heavy atom. The largest absolute Gasteiger partial charge is 0.487 e. The number of pyridine rings is 1. The highest BCUT2D eigenvalue weighted by molar-refractivity contribution is 9.08. The van der Waals surface area contributed by atoms with Crippen LogP contribution in [0.3, 0.4) is 0 Å². The molecule has 0 saturated heterocycles. The lowest BCUT2D eigenvalue weighted by atomic mass is 10.1. The summed E-state index contributed by atoms with van der Waals surface area (Å²) in [4.78, 5) is 4.44. The van der Waals surface area contributed by atoms with Crippen molar-refractivity contribution in [3.05, 3.63) is 58.4 Å². The van der Waals surface area contributed by atoms with Crippen LogP contribution in [-0.4, -0.2) is 4.98 Å². The topological polar surface area (TPSA) is 45.9 Å². The molecule has 0 unspecified atom stereocenters. The molecule has 0 saturated carbocycles. The lowest BCUT2D eigenvalue weighted by molar-refractivity contribution is 0.301. The summed E-state index contributed by atoms with van der Waals surface area (Å²) in [6.07, 6.45) is 0. The molecule has 102 valence electrons. The van der Waals surface area contributed by atoms with Crippen molar-refractivity contribution in [3.8, 4) is 11.8 Å². The highest BCUT2D eigenvalue weighted by Gasteiger charge is 2.06. The number of aryl methyl sites for hydroxylation is 2. The Morgan fingerprint density at radius 1 is 1.25 bits per heavy atom. The molecule has 0 bridgehead atoms. The first-order chi connectivity index (χ1) is 9.63. The van der Waals surface area contributed by atoms with Gasteiger partial charge in [-0.2, -0.15) is 5.26 Å². The van der Waals surface area contributed by atoms with Gasteiger partial charge in [0, 0.05) is 11.0 Å². The Hall–Kier alpha value is -1.86. The lowest BCUT2D eigenvalue weighted by Crippen LogP contribution is -2.02. The summed E-state index contributed by atoms with van der Waals surface area (Å²) in [5.41, 5.74) is 4.68. The summed E-state index contributed by atoms with van der Waals surface area (Å²) in [5, 5.41) is 9.52. The van der Waals surface area contributed by atoms with Gasteiger partial charge in [0.05, 0.1) is 17.3 Å². The fourth-order valence-electron chi connectivity index (χ4n) is 1.91. The second kappa shape index (κ2) is 6.53. The predicted octanol–water partition coefficient (Wildman–Crippen LogP) is 4.04. The zero-order chi connectivity index (χ0) is 14.5. The molecule has 0 N–H and O–H groups in total. The molecule has 0 fully saturated rings. The highest BCUT2D eigenvalue weighted by atomic mass is 79.9. The quantitative estimate of drug-likeness (QED) is 0.794. The number of nitrogens with zero attached hydrogens (tertiary/aromatic N) is 2. The van der Waals surface area contributed by atoms with E-state index in [9.17, 15) is 0 Å². The Balaban J connectivity index is 2.15. The van der Waals surface area contributed by atoms with Gasteiger partial charge in [-0.15, -0.1) is 0 Å². The number of ether oxygens (including phenoxy) is 1. The smallest absolute Gasteiger partial charge is 0.142 e. The summed E-state index contributed by atoms with van der Waals surface area (Å²) in [6.45, 7) is 4.42. The molecule has 2 rings (SSSR count). The molecular formula is C16H15BrN2O. The van der Waals surface area contributed by atoms with Crippen LogP contribution in [0, 0.1) is 25.2 Å². The molecule has 0 spiro atoms. The molecule has 3 nitrogen and oxygen atoms in total. The number of hydrogen-bond donors (Lipinski definition) is 0. The molecule has 0 aliphatic carbocycles. The number of alkyl halides is 1. The average molecular weight is 331 g/mol. The number of nitriles is 1. The van der Waals surface area contributed by atoms with E-state index in [1.54, 1.807) is 0 Å². The summed E-state index contributed by atoms with van der Waals surface area (Å²) >= 11 is 3.42. The first-order valence-electron chi connectivity index (χ1n) is 6.29. The molecule has 0 radical (unpaired) electrons. The summed E-state index contributed by atoms with van der Waals surface area (Å²) in [7, 11) is 0. The Labute approximate surface area is 127 Å². The van der Waals surface area contributed by atoms with E-state index in [0.29, 0.717) is 17.5 Å². The molecule has 0 amide bonds. The van der Waals surface area contributed by atoms with Gasteiger partial charge < -0.3 is 4.74 Å². The van der Waals surface area contributed by atoms with E-state index in [1.807, 2.05) is 44.2 Å². The summed E-state index contributed by atoms with van der Waals surface area (Å²) in [5.74, 6) is 0.788. The van der Waals surface area contributed by atoms with Gasteiger partial charge in [0.25, 0.3) is 0 Å². The van der Waals surface area contributed by atoms with Crippen molar-refractivity contribution in [2.24, 2.45) is 0 Å². The van der Waals surface area contributed by atoms with Crippen LogP contribution < -0.4 is 4.74 Å². The second-order valence-electron chi connectivity index (χ2n) is 4.57. The van der Waals surface area contributed by atoms with Gasteiger partial charge in [0.15, 0.2) is 0 Å². The Bertz CT molecular complexity index is 662. The molecule has 0 aliphatic rings. The van der Waals surface area contributed by atoms with Crippen molar-refractivity contribution >= 4 is 15.9 Å². The average Bonchev–Trinajstić information content (AvgIpc) is 2.46. The number of aromatic nitrogens is 1. The fourth-order valence-corrected chi connectivity index (χ4v) is 2.31. The molecular weight excluding hydrogens is 316 g/mol. The minimum absolute atomic E-state index is 0.474. The zero-order valence-corrected chi connectivity index (χ0v) is 13.1. The van der Waals surface area contributed by atoms with Crippen LogP contribution in [0.2, 0.25) is 0 Å². The standard InChI is InChI=1S/C16H15BrN2O/c1-11-7-13(9-18)4-5-14(11)10-20-16-6-3-12(2)19-15(16)8-17/h3-7H,8,10H2,1-2H3. The maximum atomic E-state index is 8.86. The Kier molecular flexibility index (Phi) is 4.75. The van der Waals surface area contributed by atoms with E-state index < -0.39 is 0 Å². The number of hydrogen-bond acceptors (Lipinski definition) is 3. The van der Waals surface area contributed by atoms with Crippen LogP contribution in [0.15, 0.2) is 30.3 Å². The van der Waals surface area contributed by atoms with Crippen molar-refractivity contribution in [1.82, 2.24) is 4.98 Å². The van der Waals surface area contributed by atoms with E-state index in [1.165, 1.54) is 0 Å². The van der Waals surface area contributed by atoms with Crippen LogP contribution in [0.1, 0.15) is 28.1 Å². The van der Waals surface area contributed by atoms with Crippen LogP contribution in [-0.2, 0) is 11.9 Å². The fraction of sp³-hybridized carbons (Fsp3) is 0.250. The molecule has 0 aliphatic heterocycles.